The lowest BCUT2D eigenvalue weighted by Gasteiger charge is -2.18. The lowest BCUT2D eigenvalue weighted by atomic mass is 9.95. The van der Waals surface area contributed by atoms with E-state index in [0.717, 1.165) is 34.4 Å². The van der Waals surface area contributed by atoms with E-state index in [4.69, 9.17) is 0 Å². The molecule has 21 heavy (non-hydrogen) atoms. The molecule has 1 saturated carbocycles. The second-order valence-electron chi connectivity index (χ2n) is 5.48. The molecule has 106 valence electrons. The van der Waals surface area contributed by atoms with Crippen LogP contribution in [-0.4, -0.2) is 16.5 Å². The minimum absolute atomic E-state index is 0.0847. The van der Waals surface area contributed by atoms with Crippen molar-refractivity contribution in [3.05, 3.63) is 53.4 Å². The van der Waals surface area contributed by atoms with Gasteiger partial charge in [0.2, 0.25) is 0 Å². The lowest BCUT2D eigenvalue weighted by Crippen LogP contribution is -2.21. The Kier molecular flexibility index (Phi) is 2.89. The van der Waals surface area contributed by atoms with Crippen LogP contribution in [0.1, 0.15) is 18.4 Å². The molecular formula is C16H14FN3S. The van der Waals surface area contributed by atoms with E-state index in [1.54, 1.807) is 23.7 Å². The van der Waals surface area contributed by atoms with Crippen molar-refractivity contribution in [1.29, 1.82) is 0 Å². The minimum Gasteiger partial charge on any atom is -0.369 e. The Morgan fingerprint density at radius 1 is 1.19 bits per heavy atom. The highest BCUT2D eigenvalue weighted by Crippen LogP contribution is 2.49. The second-order valence-corrected chi connectivity index (χ2v) is 6.37. The van der Waals surface area contributed by atoms with Crippen LogP contribution in [0.2, 0.25) is 0 Å². The predicted octanol–water partition coefficient (Wildman–Crippen LogP) is 3.97. The number of fused-ring (bicyclic) bond motifs is 1. The van der Waals surface area contributed by atoms with Crippen molar-refractivity contribution in [3.63, 3.8) is 0 Å². The lowest BCUT2D eigenvalue weighted by molar-refractivity contribution is 0.578. The van der Waals surface area contributed by atoms with Crippen LogP contribution in [0, 0.1) is 5.82 Å². The van der Waals surface area contributed by atoms with E-state index in [9.17, 15) is 4.39 Å². The molecule has 0 unspecified atom stereocenters. The van der Waals surface area contributed by atoms with Crippen LogP contribution < -0.4 is 5.32 Å². The molecule has 1 fully saturated rings. The predicted molar refractivity (Wildman–Crippen MR) is 83.2 cm³/mol. The molecule has 5 heteroatoms. The molecule has 0 radical (unpaired) electrons. The van der Waals surface area contributed by atoms with E-state index in [-0.39, 0.29) is 11.2 Å². The number of halogens is 1. The summed E-state index contributed by atoms with van der Waals surface area (Å²) in [4.78, 5) is 9.53. The van der Waals surface area contributed by atoms with Gasteiger partial charge in [0.1, 0.15) is 22.8 Å². The summed E-state index contributed by atoms with van der Waals surface area (Å²) in [5, 5.41) is 6.43. The Hall–Kier alpha value is -2.01. The molecule has 0 saturated heterocycles. The topological polar surface area (TPSA) is 37.8 Å². The summed E-state index contributed by atoms with van der Waals surface area (Å²) in [6, 6.07) is 9.09. The summed E-state index contributed by atoms with van der Waals surface area (Å²) in [6.45, 7) is 0.704. The summed E-state index contributed by atoms with van der Waals surface area (Å²) in [5.74, 6) is 0.726. The van der Waals surface area contributed by atoms with Gasteiger partial charge in [0, 0.05) is 12.0 Å². The van der Waals surface area contributed by atoms with Gasteiger partial charge in [-0.1, -0.05) is 18.2 Å². The number of benzene rings is 1. The van der Waals surface area contributed by atoms with Gasteiger partial charge in [0.25, 0.3) is 0 Å². The highest BCUT2D eigenvalue weighted by atomic mass is 32.1. The maximum atomic E-state index is 14.0. The van der Waals surface area contributed by atoms with Crippen molar-refractivity contribution in [2.24, 2.45) is 0 Å². The van der Waals surface area contributed by atoms with Gasteiger partial charge in [-0.2, -0.15) is 0 Å². The summed E-state index contributed by atoms with van der Waals surface area (Å²) in [7, 11) is 0. The van der Waals surface area contributed by atoms with Crippen molar-refractivity contribution < 1.29 is 4.39 Å². The average Bonchev–Trinajstić information content (AvgIpc) is 3.13. The molecule has 2 aromatic heterocycles. The minimum atomic E-state index is -0.111. The van der Waals surface area contributed by atoms with E-state index in [1.165, 1.54) is 6.07 Å². The van der Waals surface area contributed by atoms with Crippen LogP contribution in [0.4, 0.5) is 10.2 Å². The summed E-state index contributed by atoms with van der Waals surface area (Å²) in [5.41, 5.74) is 0.728. The van der Waals surface area contributed by atoms with Gasteiger partial charge < -0.3 is 5.32 Å². The van der Waals surface area contributed by atoms with Gasteiger partial charge in [-0.25, -0.2) is 14.4 Å². The molecule has 0 atom stereocenters. The van der Waals surface area contributed by atoms with Crippen molar-refractivity contribution in [1.82, 2.24) is 9.97 Å². The fraction of sp³-hybridized carbons (Fsp3) is 0.250. The Bertz CT molecular complexity index is 795. The zero-order valence-electron chi connectivity index (χ0n) is 11.3. The smallest absolute Gasteiger partial charge is 0.138 e. The first-order chi connectivity index (χ1) is 10.3. The molecule has 1 N–H and O–H groups in total. The van der Waals surface area contributed by atoms with Crippen LogP contribution in [0.25, 0.3) is 10.2 Å². The van der Waals surface area contributed by atoms with E-state index in [0.29, 0.717) is 6.54 Å². The molecule has 3 aromatic rings. The van der Waals surface area contributed by atoms with Gasteiger partial charge in [-0.05, 0) is 35.9 Å². The quantitative estimate of drug-likeness (QED) is 0.792. The fourth-order valence-electron chi connectivity index (χ4n) is 2.77. The Balaban J connectivity index is 1.60. The standard InChI is InChI=1S/C16H14FN3S/c17-13-4-2-1-3-12(13)16(6-7-16)9-18-14-11-5-8-21-15(11)20-10-19-14/h1-5,8,10H,6-7,9H2,(H,18,19,20). The average molecular weight is 299 g/mol. The number of thiophene rings is 1. The van der Waals surface area contributed by atoms with Gasteiger partial charge in [-0.15, -0.1) is 11.3 Å². The van der Waals surface area contributed by atoms with Crippen LogP contribution >= 0.6 is 11.3 Å². The van der Waals surface area contributed by atoms with E-state index < -0.39 is 0 Å². The van der Waals surface area contributed by atoms with E-state index in [1.807, 2.05) is 23.6 Å². The van der Waals surface area contributed by atoms with Crippen LogP contribution in [0.15, 0.2) is 42.0 Å². The number of anilines is 1. The molecule has 0 spiro atoms. The van der Waals surface area contributed by atoms with Gasteiger partial charge >= 0.3 is 0 Å². The van der Waals surface area contributed by atoms with Crippen molar-refractivity contribution in [2.75, 3.05) is 11.9 Å². The second kappa shape index (κ2) is 4.77. The van der Waals surface area contributed by atoms with Crippen LogP contribution in [-0.2, 0) is 5.41 Å². The molecule has 0 amide bonds. The third-order valence-electron chi connectivity index (χ3n) is 4.15. The molecular weight excluding hydrogens is 285 g/mol. The Morgan fingerprint density at radius 2 is 2.05 bits per heavy atom. The van der Waals surface area contributed by atoms with Crippen LogP contribution in [0.3, 0.4) is 0 Å². The van der Waals surface area contributed by atoms with E-state index >= 15 is 0 Å². The van der Waals surface area contributed by atoms with Crippen molar-refractivity contribution >= 4 is 27.4 Å². The van der Waals surface area contributed by atoms with Gasteiger partial charge in [0.15, 0.2) is 0 Å². The van der Waals surface area contributed by atoms with Crippen molar-refractivity contribution in [2.45, 2.75) is 18.3 Å². The first kappa shape index (κ1) is 12.7. The number of hydrogen-bond acceptors (Lipinski definition) is 4. The highest BCUT2D eigenvalue weighted by Gasteiger charge is 2.45. The molecule has 1 aromatic carbocycles. The summed E-state index contributed by atoms with van der Waals surface area (Å²) < 4.78 is 14.0. The van der Waals surface area contributed by atoms with Gasteiger partial charge in [-0.3, -0.25) is 0 Å². The number of nitrogens with zero attached hydrogens (tertiary/aromatic N) is 2. The third kappa shape index (κ3) is 2.17. The Labute approximate surface area is 125 Å². The summed E-state index contributed by atoms with van der Waals surface area (Å²) in [6.07, 6.45) is 3.60. The maximum absolute atomic E-state index is 14.0. The largest absolute Gasteiger partial charge is 0.369 e. The fourth-order valence-corrected chi connectivity index (χ4v) is 3.50. The third-order valence-corrected chi connectivity index (χ3v) is 4.98. The number of aromatic nitrogens is 2. The zero-order chi connectivity index (χ0) is 14.3. The first-order valence-electron chi connectivity index (χ1n) is 6.96. The Morgan fingerprint density at radius 3 is 2.86 bits per heavy atom. The molecule has 2 heterocycles. The molecule has 1 aliphatic rings. The molecule has 0 bridgehead atoms. The maximum Gasteiger partial charge on any atom is 0.138 e. The van der Waals surface area contributed by atoms with E-state index in [2.05, 4.69) is 15.3 Å². The molecule has 4 rings (SSSR count). The number of hydrogen-bond donors (Lipinski definition) is 1. The molecule has 3 nitrogen and oxygen atoms in total. The van der Waals surface area contributed by atoms with Crippen LogP contribution in [0.5, 0.6) is 0 Å². The monoisotopic (exact) mass is 299 g/mol. The van der Waals surface area contributed by atoms with Gasteiger partial charge in [0.05, 0.1) is 5.39 Å². The highest BCUT2D eigenvalue weighted by molar-refractivity contribution is 7.16. The van der Waals surface area contributed by atoms with Crippen molar-refractivity contribution in [3.8, 4) is 0 Å². The first-order valence-corrected chi connectivity index (χ1v) is 7.84. The SMILES string of the molecule is Fc1ccccc1C1(CNc2ncnc3sccc23)CC1. The molecule has 0 aliphatic heterocycles. The molecule has 1 aliphatic carbocycles. The summed E-state index contributed by atoms with van der Waals surface area (Å²) >= 11 is 1.60. The zero-order valence-corrected chi connectivity index (χ0v) is 12.2. The number of rotatable bonds is 4. The normalized spacial score (nSPS) is 16.0. The number of nitrogens with one attached hydrogen (secondary N) is 1.